The van der Waals surface area contributed by atoms with Crippen LogP contribution < -0.4 is 0 Å². The summed E-state index contributed by atoms with van der Waals surface area (Å²) in [6.45, 7) is 4.50. The molecule has 0 aromatic rings. The molecule has 0 aliphatic heterocycles. The molecule has 0 amide bonds. The molecule has 0 aromatic heterocycles. The molecule has 27 heavy (non-hydrogen) atoms. The summed E-state index contributed by atoms with van der Waals surface area (Å²) in [5, 5.41) is 0. The van der Waals surface area contributed by atoms with Gasteiger partial charge in [-0.3, -0.25) is 4.79 Å². The minimum Gasteiger partial charge on any atom is -0.466 e. The predicted molar refractivity (Wildman–Crippen MR) is 90.3 cm³/mol. The SMILES string of the molecule is COC(=O)C=CC=CC(=O)OC.COC(=O)C=CC=CC(=O)OC.[C]=O.[Ru]. The van der Waals surface area contributed by atoms with Crippen molar-refractivity contribution in [3.63, 3.8) is 0 Å². The van der Waals surface area contributed by atoms with E-state index in [4.69, 9.17) is 4.79 Å². The van der Waals surface area contributed by atoms with Crippen LogP contribution in [0.15, 0.2) is 48.6 Å². The van der Waals surface area contributed by atoms with E-state index in [1.54, 1.807) is 0 Å². The second-order valence-electron chi connectivity index (χ2n) is 3.53. The number of carbonyl (C=O) groups is 4. The number of ether oxygens (including phenoxy) is 4. The van der Waals surface area contributed by atoms with Crippen molar-refractivity contribution < 1.29 is 62.4 Å². The van der Waals surface area contributed by atoms with E-state index in [9.17, 15) is 19.2 Å². The van der Waals surface area contributed by atoms with Gasteiger partial charge < -0.3 is 18.9 Å². The molecule has 0 bridgehead atoms. The third kappa shape index (κ3) is 28.2. The molecule has 10 heteroatoms. The molecule has 9 nitrogen and oxygen atoms in total. The van der Waals surface area contributed by atoms with E-state index >= 15 is 0 Å². The number of methoxy groups -OCH3 is 4. The molecule has 0 N–H and O–H groups in total. The number of rotatable bonds is 6. The van der Waals surface area contributed by atoms with Gasteiger partial charge in [0.25, 0.3) is 6.79 Å². The largest absolute Gasteiger partial charge is 0.466 e. The molecule has 0 unspecified atom stereocenters. The fourth-order valence-electron chi connectivity index (χ4n) is 0.809. The zero-order chi connectivity index (χ0) is 20.8. The topological polar surface area (TPSA) is 122 Å². The fourth-order valence-corrected chi connectivity index (χ4v) is 0.809. The summed E-state index contributed by atoms with van der Waals surface area (Å²) < 4.78 is 17.2. The molecule has 0 fully saturated rings. The van der Waals surface area contributed by atoms with Crippen LogP contribution >= 0.6 is 0 Å². The third-order valence-electron chi connectivity index (χ3n) is 1.96. The Balaban J connectivity index is -0.000000173. The van der Waals surface area contributed by atoms with Crippen LogP contribution in [-0.4, -0.2) is 59.1 Å². The van der Waals surface area contributed by atoms with Gasteiger partial charge in [0.1, 0.15) is 0 Å². The quantitative estimate of drug-likeness (QED) is 0.180. The molecule has 0 aromatic carbocycles. The van der Waals surface area contributed by atoms with Crippen molar-refractivity contribution >= 4 is 30.7 Å². The first-order chi connectivity index (χ1) is 12.4. The van der Waals surface area contributed by atoms with Crippen LogP contribution in [-0.2, 0) is 62.4 Å². The van der Waals surface area contributed by atoms with Crippen molar-refractivity contribution in [3.8, 4) is 0 Å². The van der Waals surface area contributed by atoms with E-state index in [0.29, 0.717) is 0 Å². The van der Waals surface area contributed by atoms with E-state index in [0.717, 1.165) is 0 Å². The summed E-state index contributed by atoms with van der Waals surface area (Å²) in [4.78, 5) is 49.4. The van der Waals surface area contributed by atoms with Gasteiger partial charge in [-0.2, -0.15) is 0 Å². The van der Waals surface area contributed by atoms with E-state index in [1.165, 1.54) is 77.0 Å². The van der Waals surface area contributed by atoms with Gasteiger partial charge in [0.15, 0.2) is 0 Å². The number of carbonyl (C=O) groups excluding carboxylic acids is 5. The Morgan fingerprint density at radius 3 is 0.778 bits per heavy atom. The molecule has 150 valence electrons. The zero-order valence-corrected chi connectivity index (χ0v) is 16.9. The van der Waals surface area contributed by atoms with Crippen LogP contribution in [0.5, 0.6) is 0 Å². The summed E-state index contributed by atoms with van der Waals surface area (Å²) in [6, 6.07) is 0. The average Bonchev–Trinajstić information content (AvgIpc) is 2.69. The van der Waals surface area contributed by atoms with Crippen LogP contribution in [0.4, 0.5) is 0 Å². The van der Waals surface area contributed by atoms with Gasteiger partial charge in [-0.05, 0) is 0 Å². The Morgan fingerprint density at radius 1 is 0.519 bits per heavy atom. The Bertz CT molecular complexity index is 453. The Morgan fingerprint density at radius 2 is 0.667 bits per heavy atom. The first-order valence-electron chi connectivity index (χ1n) is 6.62. The monoisotopic (exact) mass is 470 g/mol. The number of hydrogen-bond acceptors (Lipinski definition) is 9. The number of esters is 4. The van der Waals surface area contributed by atoms with Crippen LogP contribution in [0.3, 0.4) is 0 Å². The molecule has 0 saturated heterocycles. The van der Waals surface area contributed by atoms with Gasteiger partial charge >= 0.3 is 23.9 Å². The zero-order valence-electron chi connectivity index (χ0n) is 15.1. The van der Waals surface area contributed by atoms with E-state index < -0.39 is 23.9 Å². The second kappa shape index (κ2) is 25.4. The minimum atomic E-state index is -0.468. The van der Waals surface area contributed by atoms with Crippen LogP contribution in [0.25, 0.3) is 0 Å². The second-order valence-corrected chi connectivity index (χ2v) is 3.53. The average molecular weight is 469 g/mol. The summed E-state index contributed by atoms with van der Waals surface area (Å²) in [6.07, 6.45) is 10.3. The Labute approximate surface area is 170 Å². The maximum Gasteiger partial charge on any atom is 0.330 e. The van der Waals surface area contributed by atoms with Crippen molar-refractivity contribution in [1.29, 1.82) is 0 Å². The number of hydrogen-bond donors (Lipinski definition) is 0. The fraction of sp³-hybridized carbons (Fsp3) is 0.235. The van der Waals surface area contributed by atoms with E-state index in [2.05, 4.69) is 25.7 Å². The third-order valence-corrected chi connectivity index (χ3v) is 1.96. The van der Waals surface area contributed by atoms with E-state index in [1.807, 2.05) is 0 Å². The maximum absolute atomic E-state index is 10.5. The van der Waals surface area contributed by atoms with Crippen molar-refractivity contribution in [2.24, 2.45) is 0 Å². The van der Waals surface area contributed by atoms with Crippen LogP contribution in [0, 0.1) is 0 Å². The van der Waals surface area contributed by atoms with Gasteiger partial charge in [0.2, 0.25) is 0 Å². The standard InChI is InChI=1S/2C8H10O4.CO.Ru/c2*1-11-7(9)5-3-4-6-8(10)12-2;1-2;/h2*3-6H,1-2H3;;. The normalized spacial score (nSPS) is 9.48. The molecule has 0 rings (SSSR count). The molecule has 0 aliphatic rings. The van der Waals surface area contributed by atoms with Crippen molar-refractivity contribution in [2.75, 3.05) is 28.4 Å². The van der Waals surface area contributed by atoms with Gasteiger partial charge in [-0.1, -0.05) is 24.3 Å². The molecule has 0 atom stereocenters. The Hall–Kier alpha value is -2.87. The summed E-state index contributed by atoms with van der Waals surface area (Å²) in [7, 11) is 5.10. The Kier molecular flexibility index (Phi) is 29.9. The first kappa shape index (κ1) is 31.9. The maximum atomic E-state index is 10.5. The van der Waals surface area contributed by atoms with Crippen molar-refractivity contribution in [3.05, 3.63) is 48.6 Å². The van der Waals surface area contributed by atoms with Gasteiger partial charge in [0, 0.05) is 43.8 Å². The molecule has 0 heterocycles. The smallest absolute Gasteiger partial charge is 0.330 e. The molecular formula is C17H20O9Ru. The molecule has 0 aliphatic carbocycles. The van der Waals surface area contributed by atoms with E-state index in [-0.39, 0.29) is 19.5 Å². The molecule has 2 radical (unpaired) electrons. The first-order valence-corrected chi connectivity index (χ1v) is 6.62. The van der Waals surface area contributed by atoms with Gasteiger partial charge in [0.05, 0.1) is 28.4 Å². The van der Waals surface area contributed by atoms with Crippen molar-refractivity contribution in [2.45, 2.75) is 0 Å². The molecule has 0 saturated carbocycles. The van der Waals surface area contributed by atoms with Crippen LogP contribution in [0.1, 0.15) is 0 Å². The van der Waals surface area contributed by atoms with Crippen molar-refractivity contribution in [1.82, 2.24) is 0 Å². The van der Waals surface area contributed by atoms with Gasteiger partial charge in [-0.15, -0.1) is 0 Å². The molecular weight excluding hydrogens is 449 g/mol. The minimum absolute atomic E-state index is 0. The summed E-state index contributed by atoms with van der Waals surface area (Å²) in [5.74, 6) is -1.87. The van der Waals surface area contributed by atoms with Crippen LogP contribution in [0.2, 0.25) is 0 Å². The summed E-state index contributed by atoms with van der Waals surface area (Å²) in [5.41, 5.74) is 0. The molecule has 0 spiro atoms. The predicted octanol–water partition coefficient (Wildman–Crippen LogP) is 0.490. The summed E-state index contributed by atoms with van der Waals surface area (Å²) >= 11 is 0. The number of allylic oxidation sites excluding steroid dienone is 4. The van der Waals surface area contributed by atoms with Gasteiger partial charge in [-0.25, -0.2) is 19.2 Å².